The third-order valence-corrected chi connectivity index (χ3v) is 11.1. The minimum absolute atomic E-state index is 0.207. The number of aliphatic hydroxyl groups is 2. The summed E-state index contributed by atoms with van der Waals surface area (Å²) in [6, 6.07) is 9.92. The Morgan fingerprint density at radius 3 is 2.49 bits per heavy atom. The van der Waals surface area contributed by atoms with Crippen LogP contribution in [0.15, 0.2) is 47.5 Å². The molecule has 0 bridgehead atoms. The average molecular weight is 593 g/mol. The molecule has 0 aliphatic heterocycles. The molecule has 10 nitrogen and oxygen atoms in total. The van der Waals surface area contributed by atoms with Crippen molar-refractivity contribution < 1.29 is 18.6 Å². The third kappa shape index (κ3) is 5.29. The van der Waals surface area contributed by atoms with Gasteiger partial charge >= 0.3 is 0 Å². The lowest BCUT2D eigenvalue weighted by Gasteiger charge is -2.21. The average Bonchev–Trinajstić information content (AvgIpc) is 3.89. The van der Waals surface area contributed by atoms with Crippen molar-refractivity contribution in [2.45, 2.75) is 74.1 Å². The zero-order valence-electron chi connectivity index (χ0n) is 22.6. The van der Waals surface area contributed by atoms with Crippen LogP contribution < -0.4 is 10.6 Å². The number of hydrogen-bond acceptors (Lipinski definition) is 11. The van der Waals surface area contributed by atoms with E-state index in [1.54, 1.807) is 41.7 Å². The standard InChI is InChI=1S/C29H32N6O4S2/c1-15-22(28-34-24-21(40-28)11-12-30-23(24)16-7-8-16)27(35-29(31-15)32-18-9-10-18)33-20-13-17(25(36)26(20)37)14-41(38,39)19-5-3-2-4-6-19/h2-6,11-12,16-18,20,25-26,36-37H,7-10,13-14H2,1H3,(H2,31,32,33,35)/t17-,20-,25-,26+/m1/s1. The van der Waals surface area contributed by atoms with Gasteiger partial charge in [-0.25, -0.2) is 18.4 Å². The number of thiazole rings is 1. The summed E-state index contributed by atoms with van der Waals surface area (Å²) in [5, 5.41) is 29.4. The topological polar surface area (TPSA) is 150 Å². The Labute approximate surface area is 242 Å². The molecule has 3 fully saturated rings. The highest BCUT2D eigenvalue weighted by molar-refractivity contribution is 7.91. The summed E-state index contributed by atoms with van der Waals surface area (Å²) in [5.41, 5.74) is 3.41. The van der Waals surface area contributed by atoms with E-state index in [0.717, 1.165) is 57.9 Å². The van der Waals surface area contributed by atoms with Gasteiger partial charge in [0.05, 0.1) is 44.4 Å². The van der Waals surface area contributed by atoms with Gasteiger partial charge in [0.1, 0.15) is 22.4 Å². The first-order valence-electron chi connectivity index (χ1n) is 14.1. The summed E-state index contributed by atoms with van der Waals surface area (Å²) in [7, 11) is -3.64. The van der Waals surface area contributed by atoms with Gasteiger partial charge in [-0.15, -0.1) is 11.3 Å². The number of sulfone groups is 1. The van der Waals surface area contributed by atoms with E-state index in [1.165, 1.54) is 0 Å². The van der Waals surface area contributed by atoms with Crippen molar-refractivity contribution in [1.29, 1.82) is 0 Å². The van der Waals surface area contributed by atoms with Gasteiger partial charge < -0.3 is 20.8 Å². The molecule has 214 valence electrons. The number of aromatic nitrogens is 4. The van der Waals surface area contributed by atoms with E-state index in [0.29, 0.717) is 23.7 Å². The van der Waals surface area contributed by atoms with Crippen molar-refractivity contribution in [3.63, 3.8) is 0 Å². The third-order valence-electron chi connectivity index (χ3n) is 8.17. The van der Waals surface area contributed by atoms with E-state index >= 15 is 0 Å². The smallest absolute Gasteiger partial charge is 0.225 e. The monoisotopic (exact) mass is 592 g/mol. The highest BCUT2D eigenvalue weighted by Crippen LogP contribution is 2.45. The summed E-state index contributed by atoms with van der Waals surface area (Å²) in [6.45, 7) is 1.92. The van der Waals surface area contributed by atoms with Crippen LogP contribution in [0.1, 0.15) is 49.4 Å². The molecule has 4 aromatic rings. The number of rotatable bonds is 9. The molecule has 3 aromatic heterocycles. The number of hydrogen-bond donors (Lipinski definition) is 4. The van der Waals surface area contributed by atoms with E-state index in [2.05, 4.69) is 15.6 Å². The van der Waals surface area contributed by atoms with Crippen molar-refractivity contribution in [3.8, 4) is 10.6 Å². The van der Waals surface area contributed by atoms with Gasteiger partial charge in [0.25, 0.3) is 0 Å². The Hall–Kier alpha value is -3.19. The summed E-state index contributed by atoms with van der Waals surface area (Å²) in [4.78, 5) is 19.4. The number of nitrogens with one attached hydrogen (secondary N) is 2. The van der Waals surface area contributed by atoms with Gasteiger partial charge in [-0.05, 0) is 57.2 Å². The zero-order valence-corrected chi connectivity index (χ0v) is 24.2. The van der Waals surface area contributed by atoms with E-state index in [1.807, 2.05) is 19.2 Å². The number of aryl methyl sites for hydroxylation is 1. The first-order valence-corrected chi connectivity index (χ1v) is 16.5. The Kier molecular flexibility index (Phi) is 6.68. The molecule has 3 saturated carbocycles. The number of benzene rings is 1. The fourth-order valence-corrected chi connectivity index (χ4v) is 8.39. The quantitative estimate of drug-likeness (QED) is 0.225. The van der Waals surface area contributed by atoms with Crippen molar-refractivity contribution in [3.05, 3.63) is 54.0 Å². The molecule has 3 heterocycles. The van der Waals surface area contributed by atoms with Gasteiger partial charge in [0, 0.05) is 24.1 Å². The largest absolute Gasteiger partial charge is 0.390 e. The molecule has 0 spiro atoms. The fraction of sp³-hybridized carbons (Fsp3) is 0.448. The first-order chi connectivity index (χ1) is 19.8. The predicted octanol–water partition coefficient (Wildman–Crippen LogP) is 3.90. The molecule has 3 aliphatic rings. The Morgan fingerprint density at radius 1 is 0.976 bits per heavy atom. The van der Waals surface area contributed by atoms with E-state index in [9.17, 15) is 18.6 Å². The second-order valence-corrected chi connectivity index (χ2v) is 14.5. The summed E-state index contributed by atoms with van der Waals surface area (Å²) >= 11 is 1.55. The van der Waals surface area contributed by atoms with Gasteiger partial charge in [-0.3, -0.25) is 4.98 Å². The summed E-state index contributed by atoms with van der Waals surface area (Å²) in [6.07, 6.45) is 4.10. The Bertz CT molecular complexity index is 1710. The van der Waals surface area contributed by atoms with E-state index < -0.39 is 34.0 Å². The maximum absolute atomic E-state index is 13.1. The highest BCUT2D eigenvalue weighted by atomic mass is 32.2. The normalized spacial score (nSPS) is 24.6. The first kappa shape index (κ1) is 26.7. The lowest BCUT2D eigenvalue weighted by atomic mass is 10.1. The van der Waals surface area contributed by atoms with Crippen molar-refractivity contribution in [2.75, 3.05) is 16.4 Å². The number of nitrogens with zero attached hydrogens (tertiary/aromatic N) is 4. The molecular weight excluding hydrogens is 560 g/mol. The van der Waals surface area contributed by atoms with E-state index in [-0.39, 0.29) is 17.1 Å². The minimum Gasteiger partial charge on any atom is -0.390 e. The Morgan fingerprint density at radius 2 is 1.76 bits per heavy atom. The van der Waals surface area contributed by atoms with Crippen LogP contribution in [0.5, 0.6) is 0 Å². The number of fused-ring (bicyclic) bond motifs is 1. The molecule has 0 amide bonds. The van der Waals surface area contributed by atoms with E-state index in [4.69, 9.17) is 15.0 Å². The molecule has 12 heteroatoms. The van der Waals surface area contributed by atoms with Gasteiger partial charge in [0.2, 0.25) is 5.95 Å². The molecular formula is C29H32N6O4S2. The molecule has 4 atom stereocenters. The molecule has 7 rings (SSSR count). The van der Waals surface area contributed by atoms with Crippen LogP contribution in [-0.4, -0.2) is 68.6 Å². The maximum atomic E-state index is 13.1. The SMILES string of the molecule is Cc1nc(NC2CC2)nc(N[C@@H]2C[C@H](CS(=O)(=O)c3ccccc3)[C@@H](O)[C@H]2O)c1-c1nc2c(C3CC3)nccc2s1. The van der Waals surface area contributed by atoms with Crippen molar-refractivity contribution in [2.24, 2.45) is 5.92 Å². The lowest BCUT2D eigenvalue weighted by Crippen LogP contribution is -2.36. The maximum Gasteiger partial charge on any atom is 0.225 e. The van der Waals surface area contributed by atoms with Gasteiger partial charge in [0.15, 0.2) is 9.84 Å². The molecule has 0 radical (unpaired) electrons. The second kappa shape index (κ2) is 10.3. The lowest BCUT2D eigenvalue weighted by molar-refractivity contribution is 0.0216. The van der Waals surface area contributed by atoms with Crippen LogP contribution in [0, 0.1) is 12.8 Å². The number of pyridine rings is 1. The molecule has 0 saturated heterocycles. The van der Waals surface area contributed by atoms with Crippen LogP contribution >= 0.6 is 11.3 Å². The van der Waals surface area contributed by atoms with Crippen LogP contribution in [0.3, 0.4) is 0 Å². The van der Waals surface area contributed by atoms with Crippen LogP contribution in [0.25, 0.3) is 20.8 Å². The highest BCUT2D eigenvalue weighted by Gasteiger charge is 2.44. The Balaban J connectivity index is 1.21. The van der Waals surface area contributed by atoms with Gasteiger partial charge in [-0.1, -0.05) is 18.2 Å². The van der Waals surface area contributed by atoms with Crippen molar-refractivity contribution >= 4 is 43.2 Å². The van der Waals surface area contributed by atoms with Crippen LogP contribution in [0.4, 0.5) is 11.8 Å². The molecule has 3 aliphatic carbocycles. The molecule has 4 N–H and O–H groups in total. The van der Waals surface area contributed by atoms with Crippen LogP contribution in [0.2, 0.25) is 0 Å². The van der Waals surface area contributed by atoms with Crippen molar-refractivity contribution in [1.82, 2.24) is 19.9 Å². The molecule has 1 aromatic carbocycles. The number of anilines is 2. The molecule has 41 heavy (non-hydrogen) atoms. The fourth-order valence-electron chi connectivity index (χ4n) is 5.66. The zero-order chi connectivity index (χ0) is 28.3. The second-order valence-electron chi connectivity index (χ2n) is 11.4. The number of aliphatic hydroxyl groups excluding tert-OH is 2. The van der Waals surface area contributed by atoms with Gasteiger partial charge in [-0.2, -0.15) is 4.98 Å². The predicted molar refractivity (Wildman–Crippen MR) is 158 cm³/mol. The summed E-state index contributed by atoms with van der Waals surface area (Å²) < 4.78 is 27.2. The van der Waals surface area contributed by atoms with Crippen LogP contribution in [-0.2, 0) is 9.84 Å². The minimum atomic E-state index is -3.64. The summed E-state index contributed by atoms with van der Waals surface area (Å²) in [5.74, 6) is 0.551. The molecule has 0 unspecified atom stereocenters.